The van der Waals surface area contributed by atoms with Gasteiger partial charge in [-0.05, 0) is 61.2 Å². The van der Waals surface area contributed by atoms with E-state index in [0.717, 1.165) is 39.0 Å². The van der Waals surface area contributed by atoms with Gasteiger partial charge < -0.3 is 20.0 Å². The average molecular weight is 258 g/mol. The fourth-order valence-electron chi connectivity index (χ4n) is 1.78. The van der Waals surface area contributed by atoms with Crippen LogP contribution in [0.3, 0.4) is 0 Å². The first-order valence-electron chi connectivity index (χ1n) is 6.69. The topological polar surface area (TPSA) is 38.8 Å². The highest BCUT2D eigenvalue weighted by Gasteiger charge is 2.11. The summed E-state index contributed by atoms with van der Waals surface area (Å²) in [5.41, 5.74) is 0. The molecule has 18 heavy (non-hydrogen) atoms. The van der Waals surface area contributed by atoms with Crippen LogP contribution < -0.4 is 5.32 Å². The number of hydrogen-bond donors (Lipinski definition) is 1. The lowest BCUT2D eigenvalue weighted by atomic mass is 10.3. The van der Waals surface area contributed by atoms with Gasteiger partial charge in [0.2, 0.25) is 5.91 Å². The second-order valence-electron chi connectivity index (χ2n) is 5.22. The highest BCUT2D eigenvalue weighted by Crippen LogP contribution is 1.97. The fraction of sp³-hybridized carbons (Fsp3) is 0.923. The monoisotopic (exact) mass is 258 g/mol. The van der Waals surface area contributed by atoms with Gasteiger partial charge in [0.1, 0.15) is 0 Å². The molecule has 5 nitrogen and oxygen atoms in total. The summed E-state index contributed by atoms with van der Waals surface area (Å²) in [6, 6.07) is 0. The molecule has 0 saturated heterocycles. The van der Waals surface area contributed by atoms with Crippen LogP contribution in [0.5, 0.6) is 0 Å². The van der Waals surface area contributed by atoms with Crippen LogP contribution in [0.1, 0.15) is 12.8 Å². The summed E-state index contributed by atoms with van der Waals surface area (Å²) in [7, 11) is 10.1. The van der Waals surface area contributed by atoms with Crippen molar-refractivity contribution in [3.63, 3.8) is 0 Å². The van der Waals surface area contributed by atoms with Crippen LogP contribution in [-0.4, -0.2) is 88.6 Å². The van der Waals surface area contributed by atoms with Gasteiger partial charge in [-0.1, -0.05) is 0 Å². The van der Waals surface area contributed by atoms with Gasteiger partial charge in [-0.3, -0.25) is 4.79 Å². The Morgan fingerprint density at radius 2 is 1.33 bits per heavy atom. The van der Waals surface area contributed by atoms with Gasteiger partial charge in [-0.15, -0.1) is 0 Å². The van der Waals surface area contributed by atoms with Gasteiger partial charge in [0.25, 0.3) is 0 Å². The summed E-state index contributed by atoms with van der Waals surface area (Å²) < 4.78 is 0. The zero-order chi connectivity index (χ0) is 14.0. The molecule has 1 N–H and O–H groups in total. The quantitative estimate of drug-likeness (QED) is 0.596. The Balaban J connectivity index is 4.03. The van der Waals surface area contributed by atoms with E-state index in [1.165, 1.54) is 0 Å². The van der Waals surface area contributed by atoms with Crippen LogP contribution in [0.2, 0.25) is 0 Å². The highest BCUT2D eigenvalue weighted by molar-refractivity contribution is 5.78. The van der Waals surface area contributed by atoms with Crippen LogP contribution >= 0.6 is 0 Å². The largest absolute Gasteiger partial charge is 0.341 e. The molecule has 0 unspecified atom stereocenters. The lowest BCUT2D eigenvalue weighted by Gasteiger charge is -2.24. The summed E-state index contributed by atoms with van der Waals surface area (Å²) in [5.74, 6) is 0.204. The number of amides is 1. The van der Waals surface area contributed by atoms with E-state index in [9.17, 15) is 4.79 Å². The van der Waals surface area contributed by atoms with Crippen molar-refractivity contribution in [2.75, 3.05) is 68.0 Å². The molecule has 1 amide bonds. The maximum atomic E-state index is 11.9. The Hall–Kier alpha value is -0.650. The predicted octanol–water partition coefficient (Wildman–Crippen LogP) is -0.0622. The van der Waals surface area contributed by atoms with Crippen molar-refractivity contribution in [2.45, 2.75) is 12.8 Å². The van der Waals surface area contributed by atoms with Crippen LogP contribution in [-0.2, 0) is 4.79 Å². The first-order valence-corrected chi connectivity index (χ1v) is 6.69. The minimum Gasteiger partial charge on any atom is -0.341 e. The molecule has 0 saturated carbocycles. The summed E-state index contributed by atoms with van der Waals surface area (Å²) in [6.07, 6.45) is 2.06. The van der Waals surface area contributed by atoms with Gasteiger partial charge in [0, 0.05) is 13.1 Å². The molecule has 0 rings (SSSR count). The van der Waals surface area contributed by atoms with E-state index in [0.29, 0.717) is 6.54 Å². The number of rotatable bonds is 10. The molecule has 0 atom stereocenters. The molecular formula is C13H30N4O. The third-order valence-corrected chi connectivity index (χ3v) is 2.75. The molecule has 108 valence electrons. The molecule has 0 heterocycles. The van der Waals surface area contributed by atoms with E-state index < -0.39 is 0 Å². The standard InChI is InChI=1S/C13H30N4O/c1-14-12-13(18)17(10-6-8-15(2)3)11-7-9-16(4)5/h14H,6-12H2,1-5H3. The molecule has 0 radical (unpaired) electrons. The summed E-state index contributed by atoms with van der Waals surface area (Å²) in [4.78, 5) is 18.2. The normalized spacial score (nSPS) is 11.3. The molecule has 0 aromatic carbocycles. The molecule has 0 aliphatic rings. The van der Waals surface area contributed by atoms with Gasteiger partial charge in [-0.25, -0.2) is 0 Å². The predicted molar refractivity (Wildman–Crippen MR) is 76.8 cm³/mol. The molecular weight excluding hydrogens is 228 g/mol. The third kappa shape index (κ3) is 9.39. The third-order valence-electron chi connectivity index (χ3n) is 2.75. The maximum Gasteiger partial charge on any atom is 0.236 e. The smallest absolute Gasteiger partial charge is 0.236 e. The summed E-state index contributed by atoms with van der Waals surface area (Å²) >= 11 is 0. The van der Waals surface area contributed by atoms with E-state index in [1.54, 1.807) is 0 Å². The molecule has 0 fully saturated rings. The Morgan fingerprint density at radius 1 is 0.889 bits per heavy atom. The van der Waals surface area contributed by atoms with Gasteiger partial charge in [-0.2, -0.15) is 0 Å². The number of hydrogen-bond acceptors (Lipinski definition) is 4. The van der Waals surface area contributed by atoms with Crippen molar-refractivity contribution in [3.05, 3.63) is 0 Å². The van der Waals surface area contributed by atoms with E-state index in [1.807, 2.05) is 11.9 Å². The lowest BCUT2D eigenvalue weighted by molar-refractivity contribution is -0.130. The van der Waals surface area contributed by atoms with E-state index in [2.05, 4.69) is 43.3 Å². The molecule has 0 aliphatic heterocycles. The summed E-state index contributed by atoms with van der Waals surface area (Å²) in [6.45, 7) is 4.19. The SMILES string of the molecule is CNCC(=O)N(CCCN(C)C)CCCN(C)C. The van der Waals surface area contributed by atoms with Crippen LogP contribution in [0.25, 0.3) is 0 Å². The number of likely N-dealkylation sites (N-methyl/N-ethyl adjacent to an activating group) is 1. The van der Waals surface area contributed by atoms with Crippen molar-refractivity contribution in [3.8, 4) is 0 Å². The van der Waals surface area contributed by atoms with Crippen LogP contribution in [0, 0.1) is 0 Å². The average Bonchev–Trinajstić information content (AvgIpc) is 2.26. The molecule has 5 heteroatoms. The fourth-order valence-corrected chi connectivity index (χ4v) is 1.78. The second kappa shape index (κ2) is 10.3. The van der Waals surface area contributed by atoms with Crippen molar-refractivity contribution in [1.82, 2.24) is 20.0 Å². The number of nitrogens with zero attached hydrogens (tertiary/aromatic N) is 3. The number of carbonyl (C=O) groups excluding carboxylic acids is 1. The van der Waals surface area contributed by atoms with Crippen LogP contribution in [0.15, 0.2) is 0 Å². The molecule has 0 spiro atoms. The van der Waals surface area contributed by atoms with Crippen molar-refractivity contribution < 1.29 is 4.79 Å². The lowest BCUT2D eigenvalue weighted by Crippen LogP contribution is -2.40. The molecule has 0 bridgehead atoms. The second-order valence-corrected chi connectivity index (χ2v) is 5.22. The van der Waals surface area contributed by atoms with Gasteiger partial charge in [0.15, 0.2) is 0 Å². The molecule has 0 aliphatic carbocycles. The summed E-state index contributed by atoms with van der Waals surface area (Å²) in [5, 5.41) is 2.93. The van der Waals surface area contributed by atoms with Crippen LogP contribution in [0.4, 0.5) is 0 Å². The maximum absolute atomic E-state index is 11.9. The van der Waals surface area contributed by atoms with Gasteiger partial charge in [0.05, 0.1) is 6.54 Å². The Kier molecular flexibility index (Phi) is 9.92. The molecule has 0 aromatic heterocycles. The van der Waals surface area contributed by atoms with E-state index >= 15 is 0 Å². The van der Waals surface area contributed by atoms with Crippen molar-refractivity contribution >= 4 is 5.91 Å². The molecule has 0 aromatic rings. The Morgan fingerprint density at radius 3 is 1.67 bits per heavy atom. The van der Waals surface area contributed by atoms with Crippen molar-refractivity contribution in [2.24, 2.45) is 0 Å². The van der Waals surface area contributed by atoms with Crippen molar-refractivity contribution in [1.29, 1.82) is 0 Å². The highest BCUT2D eigenvalue weighted by atomic mass is 16.2. The number of nitrogens with one attached hydrogen (secondary N) is 1. The zero-order valence-corrected chi connectivity index (χ0v) is 12.7. The minimum atomic E-state index is 0.204. The first-order chi connectivity index (χ1) is 8.47. The minimum absolute atomic E-state index is 0.204. The Labute approximate surface area is 112 Å². The zero-order valence-electron chi connectivity index (χ0n) is 12.7. The van der Waals surface area contributed by atoms with E-state index in [-0.39, 0.29) is 5.91 Å². The Bertz CT molecular complexity index is 205. The van der Waals surface area contributed by atoms with Gasteiger partial charge >= 0.3 is 0 Å². The number of carbonyl (C=O) groups is 1. The van der Waals surface area contributed by atoms with E-state index in [4.69, 9.17) is 0 Å². The first kappa shape index (κ1) is 17.4.